The number of amides is 1. The number of nitrogens with one attached hydrogen (secondary N) is 1. The largest absolute Gasteiger partial charge is 0.494 e. The van der Waals surface area contributed by atoms with Gasteiger partial charge in [0.15, 0.2) is 0 Å². The number of hydrogen-bond donors (Lipinski definition) is 1. The van der Waals surface area contributed by atoms with Gasteiger partial charge >= 0.3 is 6.09 Å². The number of nitrogens with zero attached hydrogens (tertiary/aromatic N) is 1. The van der Waals surface area contributed by atoms with Gasteiger partial charge < -0.3 is 9.47 Å². The number of carbonyl (C=O) groups is 1. The van der Waals surface area contributed by atoms with Gasteiger partial charge in [-0.3, -0.25) is 10.2 Å². The van der Waals surface area contributed by atoms with E-state index < -0.39 is 6.09 Å². The molecule has 5 heteroatoms. The Kier molecular flexibility index (Phi) is 12.4. The number of likely N-dealkylation sites (tertiary alicyclic amines) is 1. The van der Waals surface area contributed by atoms with Crippen molar-refractivity contribution in [2.24, 2.45) is 0 Å². The Balaban J connectivity index is 1.55. The number of anilines is 1. The summed E-state index contributed by atoms with van der Waals surface area (Å²) >= 11 is 0. The first-order chi connectivity index (χ1) is 14.7. The van der Waals surface area contributed by atoms with E-state index in [2.05, 4.69) is 17.1 Å². The van der Waals surface area contributed by atoms with Gasteiger partial charge in [-0.25, -0.2) is 4.79 Å². The molecule has 1 saturated heterocycles. The highest BCUT2D eigenvalue weighted by Crippen LogP contribution is 2.17. The summed E-state index contributed by atoms with van der Waals surface area (Å²) in [7, 11) is 0. The summed E-state index contributed by atoms with van der Waals surface area (Å²) in [6, 6.07) is 7.52. The van der Waals surface area contributed by atoms with Gasteiger partial charge in [-0.2, -0.15) is 0 Å². The lowest BCUT2D eigenvalue weighted by molar-refractivity contribution is 0.0833. The molecule has 0 radical (unpaired) electrons. The van der Waals surface area contributed by atoms with Gasteiger partial charge in [0.1, 0.15) is 11.9 Å². The maximum Gasteiger partial charge on any atom is 0.411 e. The van der Waals surface area contributed by atoms with Crippen molar-refractivity contribution >= 4 is 11.8 Å². The number of rotatable bonds is 14. The molecule has 1 aliphatic rings. The summed E-state index contributed by atoms with van der Waals surface area (Å²) in [5.74, 6) is 0.843. The van der Waals surface area contributed by atoms with Gasteiger partial charge in [-0.15, -0.1) is 0 Å². The number of piperidine rings is 1. The molecule has 0 aliphatic carbocycles. The van der Waals surface area contributed by atoms with Crippen LogP contribution in [0.2, 0.25) is 0 Å². The minimum absolute atomic E-state index is 0.114. The molecule has 1 heterocycles. The van der Waals surface area contributed by atoms with E-state index in [0.29, 0.717) is 0 Å². The van der Waals surface area contributed by atoms with Crippen molar-refractivity contribution in [2.45, 2.75) is 90.6 Å². The Morgan fingerprint density at radius 2 is 1.60 bits per heavy atom. The molecule has 170 valence electrons. The summed E-state index contributed by atoms with van der Waals surface area (Å²) in [6.45, 7) is 7.97. The normalized spacial score (nSPS) is 15.5. The van der Waals surface area contributed by atoms with Gasteiger partial charge in [0.2, 0.25) is 0 Å². The molecule has 1 aromatic rings. The lowest BCUT2D eigenvalue weighted by Gasteiger charge is -2.28. The maximum atomic E-state index is 12.1. The number of carbonyl (C=O) groups excluding carboxylic acids is 1. The van der Waals surface area contributed by atoms with Crippen molar-refractivity contribution in [2.75, 3.05) is 31.6 Å². The van der Waals surface area contributed by atoms with Gasteiger partial charge in [0.25, 0.3) is 0 Å². The highest BCUT2D eigenvalue weighted by atomic mass is 16.6. The molecular weight excluding hydrogens is 376 g/mol. The van der Waals surface area contributed by atoms with Crippen LogP contribution in [-0.4, -0.2) is 43.3 Å². The lowest BCUT2D eigenvalue weighted by atomic mass is 10.1. The number of ether oxygens (including phenoxy) is 2. The van der Waals surface area contributed by atoms with Crippen molar-refractivity contribution in [1.82, 2.24) is 4.90 Å². The Labute approximate surface area is 183 Å². The fourth-order valence-electron chi connectivity index (χ4n) is 3.93. The molecule has 0 aromatic heterocycles. The molecule has 0 saturated carbocycles. The second-order valence-electron chi connectivity index (χ2n) is 8.55. The predicted octanol–water partition coefficient (Wildman–Crippen LogP) is 6.63. The summed E-state index contributed by atoms with van der Waals surface area (Å²) in [4.78, 5) is 14.5. The van der Waals surface area contributed by atoms with Crippen LogP contribution in [0, 0.1) is 0 Å². The van der Waals surface area contributed by atoms with Gasteiger partial charge in [0, 0.05) is 12.2 Å². The van der Waals surface area contributed by atoms with Crippen molar-refractivity contribution in [3.63, 3.8) is 0 Å². The average molecular weight is 419 g/mol. The van der Waals surface area contributed by atoms with Crippen LogP contribution in [0.5, 0.6) is 5.75 Å². The third kappa shape index (κ3) is 10.9. The Hall–Kier alpha value is -1.75. The highest BCUT2D eigenvalue weighted by molar-refractivity contribution is 5.84. The SMILES string of the molecule is CCCCCCCCCCOc1ccc(NC(=O)O[C@H](C)CN2CCCCC2)cc1. The summed E-state index contributed by atoms with van der Waals surface area (Å²) in [5, 5.41) is 2.81. The van der Waals surface area contributed by atoms with Gasteiger partial charge in [-0.05, 0) is 63.5 Å². The lowest BCUT2D eigenvalue weighted by Crippen LogP contribution is -2.37. The standard InChI is InChI=1S/C25H42N2O3/c1-3-4-5-6-7-8-9-13-20-29-24-16-14-23(15-17-24)26-25(28)30-22(2)21-27-18-11-10-12-19-27/h14-17,22H,3-13,18-21H2,1-2H3,(H,26,28)/t22-/m1/s1. The quantitative estimate of drug-likeness (QED) is 0.345. The zero-order chi connectivity index (χ0) is 21.4. The summed E-state index contributed by atoms with van der Waals surface area (Å²) in [5.41, 5.74) is 0.726. The molecule has 1 fully saturated rings. The number of benzene rings is 1. The summed E-state index contributed by atoms with van der Waals surface area (Å²) in [6.07, 6.45) is 13.7. The molecule has 0 bridgehead atoms. The van der Waals surface area contributed by atoms with E-state index in [1.165, 1.54) is 64.2 Å². The van der Waals surface area contributed by atoms with Gasteiger partial charge in [0.05, 0.1) is 6.61 Å². The van der Waals surface area contributed by atoms with Crippen LogP contribution in [0.4, 0.5) is 10.5 Å². The van der Waals surface area contributed by atoms with Crippen LogP contribution in [-0.2, 0) is 4.74 Å². The molecule has 5 nitrogen and oxygen atoms in total. The van der Waals surface area contributed by atoms with Crippen molar-refractivity contribution in [1.29, 1.82) is 0 Å². The second kappa shape index (κ2) is 15.1. The van der Waals surface area contributed by atoms with E-state index in [1.807, 2.05) is 31.2 Å². The molecule has 0 unspecified atom stereocenters. The molecule has 0 spiro atoms. The smallest absolute Gasteiger partial charge is 0.411 e. The average Bonchev–Trinajstić information content (AvgIpc) is 2.74. The number of unbranched alkanes of at least 4 members (excludes halogenated alkanes) is 7. The topological polar surface area (TPSA) is 50.8 Å². The van der Waals surface area contributed by atoms with Crippen LogP contribution < -0.4 is 10.1 Å². The van der Waals surface area contributed by atoms with Crippen LogP contribution in [0.1, 0.15) is 84.5 Å². The monoisotopic (exact) mass is 418 g/mol. The zero-order valence-corrected chi connectivity index (χ0v) is 19.2. The third-order valence-corrected chi connectivity index (χ3v) is 5.64. The molecule has 30 heavy (non-hydrogen) atoms. The fourth-order valence-corrected chi connectivity index (χ4v) is 3.93. The minimum atomic E-state index is -0.396. The van der Waals surface area contributed by atoms with E-state index in [9.17, 15) is 4.79 Å². The highest BCUT2D eigenvalue weighted by Gasteiger charge is 2.16. The molecule has 2 rings (SSSR count). The summed E-state index contributed by atoms with van der Waals surface area (Å²) < 4.78 is 11.3. The maximum absolute atomic E-state index is 12.1. The first kappa shape index (κ1) is 24.5. The van der Waals surface area contributed by atoms with Gasteiger partial charge in [-0.1, -0.05) is 58.3 Å². The molecule has 1 N–H and O–H groups in total. The fraction of sp³-hybridized carbons (Fsp3) is 0.720. The molecular formula is C25H42N2O3. The second-order valence-corrected chi connectivity index (χ2v) is 8.55. The third-order valence-electron chi connectivity index (χ3n) is 5.64. The van der Waals surface area contributed by atoms with Crippen molar-refractivity contribution in [3.05, 3.63) is 24.3 Å². The van der Waals surface area contributed by atoms with E-state index >= 15 is 0 Å². The van der Waals surface area contributed by atoms with Crippen molar-refractivity contribution in [3.8, 4) is 5.75 Å². The molecule has 1 atom stereocenters. The van der Waals surface area contributed by atoms with Crippen LogP contribution in [0.3, 0.4) is 0 Å². The van der Waals surface area contributed by atoms with E-state index in [1.54, 1.807) is 0 Å². The zero-order valence-electron chi connectivity index (χ0n) is 19.2. The number of hydrogen-bond acceptors (Lipinski definition) is 4. The Morgan fingerprint density at radius 1 is 0.967 bits per heavy atom. The van der Waals surface area contributed by atoms with Crippen LogP contribution in [0.15, 0.2) is 24.3 Å². The van der Waals surface area contributed by atoms with Crippen LogP contribution in [0.25, 0.3) is 0 Å². The first-order valence-electron chi connectivity index (χ1n) is 12.1. The minimum Gasteiger partial charge on any atom is -0.494 e. The van der Waals surface area contributed by atoms with Crippen LogP contribution >= 0.6 is 0 Å². The molecule has 1 aromatic carbocycles. The molecule has 1 aliphatic heterocycles. The predicted molar refractivity (Wildman–Crippen MR) is 124 cm³/mol. The van der Waals surface area contributed by atoms with E-state index in [-0.39, 0.29) is 6.10 Å². The van der Waals surface area contributed by atoms with E-state index in [0.717, 1.165) is 44.1 Å². The Bertz CT molecular complexity index is 570. The first-order valence-corrected chi connectivity index (χ1v) is 12.1. The van der Waals surface area contributed by atoms with Crippen molar-refractivity contribution < 1.29 is 14.3 Å². The molecule has 1 amide bonds. The van der Waals surface area contributed by atoms with E-state index in [4.69, 9.17) is 9.47 Å². The Morgan fingerprint density at radius 3 is 2.27 bits per heavy atom.